The molecular formula is C23H32N4O3. The van der Waals surface area contributed by atoms with Crippen molar-refractivity contribution in [3.63, 3.8) is 0 Å². The molecule has 1 aromatic heterocycles. The van der Waals surface area contributed by atoms with Gasteiger partial charge in [-0.2, -0.15) is 5.10 Å². The predicted molar refractivity (Wildman–Crippen MR) is 118 cm³/mol. The molecule has 1 amide bonds. The fraction of sp³-hybridized carbons (Fsp3) is 0.522. The average molecular weight is 413 g/mol. The lowest BCUT2D eigenvalue weighted by Gasteiger charge is -2.17. The second kappa shape index (κ2) is 9.78. The van der Waals surface area contributed by atoms with E-state index in [4.69, 9.17) is 4.74 Å². The van der Waals surface area contributed by atoms with Crippen molar-refractivity contribution in [3.8, 4) is 0 Å². The zero-order valence-electron chi connectivity index (χ0n) is 18.4. The van der Waals surface area contributed by atoms with Crippen LogP contribution in [0.15, 0.2) is 24.3 Å². The van der Waals surface area contributed by atoms with Gasteiger partial charge in [0.1, 0.15) is 0 Å². The molecule has 162 valence electrons. The quantitative estimate of drug-likeness (QED) is 0.672. The van der Waals surface area contributed by atoms with Crippen LogP contribution in [0.1, 0.15) is 43.6 Å². The van der Waals surface area contributed by atoms with Gasteiger partial charge in [0.2, 0.25) is 0 Å². The minimum Gasteiger partial charge on any atom is -0.455 e. The van der Waals surface area contributed by atoms with Gasteiger partial charge in [-0.1, -0.05) is 13.8 Å². The van der Waals surface area contributed by atoms with E-state index in [0.717, 1.165) is 36.6 Å². The molecule has 1 saturated heterocycles. The van der Waals surface area contributed by atoms with Gasteiger partial charge in [0.05, 0.1) is 12.1 Å². The first-order valence-corrected chi connectivity index (χ1v) is 10.7. The van der Waals surface area contributed by atoms with Crippen molar-refractivity contribution in [2.45, 2.75) is 53.5 Å². The van der Waals surface area contributed by atoms with Gasteiger partial charge in [0.15, 0.2) is 6.61 Å². The Morgan fingerprint density at radius 3 is 2.43 bits per heavy atom. The van der Waals surface area contributed by atoms with Crippen molar-refractivity contribution < 1.29 is 14.3 Å². The number of hydrogen-bond donors (Lipinski definition) is 1. The maximum absolute atomic E-state index is 12.3. The third-order valence-corrected chi connectivity index (χ3v) is 5.38. The normalized spacial score (nSPS) is 13.7. The van der Waals surface area contributed by atoms with Gasteiger partial charge in [-0.05, 0) is 56.9 Å². The molecule has 0 spiro atoms. The molecule has 30 heavy (non-hydrogen) atoms. The van der Waals surface area contributed by atoms with E-state index in [1.807, 2.05) is 42.8 Å². The molecular weight excluding hydrogens is 380 g/mol. The van der Waals surface area contributed by atoms with E-state index >= 15 is 0 Å². The minimum absolute atomic E-state index is 0.119. The molecule has 2 aromatic rings. The first-order chi connectivity index (χ1) is 14.3. The number of amides is 1. The Morgan fingerprint density at radius 2 is 1.80 bits per heavy atom. The Morgan fingerprint density at radius 1 is 1.13 bits per heavy atom. The SMILES string of the molecule is Cc1nn(CC(C)C)c(C)c1CC(=O)OCC(=O)Nc1ccc(N2CCCC2)cc1. The molecule has 1 aliphatic heterocycles. The van der Waals surface area contributed by atoms with Crippen LogP contribution >= 0.6 is 0 Å². The smallest absolute Gasteiger partial charge is 0.310 e. The third-order valence-electron chi connectivity index (χ3n) is 5.38. The summed E-state index contributed by atoms with van der Waals surface area (Å²) in [6, 6.07) is 7.77. The summed E-state index contributed by atoms with van der Waals surface area (Å²) in [5.41, 5.74) is 4.54. The lowest BCUT2D eigenvalue weighted by atomic mass is 10.1. The second-order valence-electron chi connectivity index (χ2n) is 8.35. The number of rotatable bonds is 8. The summed E-state index contributed by atoms with van der Waals surface area (Å²) in [6.45, 7) is 10.8. The Labute approximate surface area is 178 Å². The first kappa shape index (κ1) is 21.9. The van der Waals surface area contributed by atoms with Crippen molar-refractivity contribution in [1.82, 2.24) is 9.78 Å². The first-order valence-electron chi connectivity index (χ1n) is 10.7. The van der Waals surface area contributed by atoms with Gasteiger partial charge in [-0.15, -0.1) is 0 Å². The number of aryl methyl sites for hydroxylation is 1. The van der Waals surface area contributed by atoms with Crippen LogP contribution < -0.4 is 10.2 Å². The highest BCUT2D eigenvalue weighted by molar-refractivity contribution is 5.93. The molecule has 1 N–H and O–H groups in total. The summed E-state index contributed by atoms with van der Waals surface area (Å²) in [4.78, 5) is 26.7. The molecule has 2 heterocycles. The van der Waals surface area contributed by atoms with Gasteiger partial charge in [-0.3, -0.25) is 14.3 Å². The van der Waals surface area contributed by atoms with Gasteiger partial charge in [0.25, 0.3) is 5.91 Å². The minimum atomic E-state index is -0.426. The van der Waals surface area contributed by atoms with E-state index in [1.54, 1.807) is 0 Å². The zero-order chi connectivity index (χ0) is 21.7. The number of anilines is 2. The summed E-state index contributed by atoms with van der Waals surface area (Å²) in [6.07, 6.45) is 2.57. The highest BCUT2D eigenvalue weighted by Gasteiger charge is 2.17. The fourth-order valence-electron chi connectivity index (χ4n) is 3.78. The molecule has 3 rings (SSSR count). The Hall–Kier alpha value is -2.83. The van der Waals surface area contributed by atoms with Crippen molar-refractivity contribution in [2.24, 2.45) is 5.92 Å². The number of benzene rings is 1. The Kier molecular flexibility index (Phi) is 7.13. The van der Waals surface area contributed by atoms with Crippen molar-refractivity contribution in [2.75, 3.05) is 29.9 Å². The second-order valence-corrected chi connectivity index (χ2v) is 8.35. The number of aromatic nitrogens is 2. The maximum Gasteiger partial charge on any atom is 0.310 e. The van der Waals surface area contributed by atoms with Gasteiger partial charge in [-0.25, -0.2) is 0 Å². The predicted octanol–water partition coefficient (Wildman–Crippen LogP) is 3.48. The molecule has 0 unspecified atom stereocenters. The van der Waals surface area contributed by atoms with Crippen LogP contribution in [0.4, 0.5) is 11.4 Å². The van der Waals surface area contributed by atoms with Crippen molar-refractivity contribution in [1.29, 1.82) is 0 Å². The zero-order valence-corrected chi connectivity index (χ0v) is 18.4. The number of esters is 1. The van der Waals surface area contributed by atoms with Crippen LogP contribution in [0, 0.1) is 19.8 Å². The van der Waals surface area contributed by atoms with E-state index in [9.17, 15) is 9.59 Å². The van der Waals surface area contributed by atoms with Crippen LogP contribution in [0.3, 0.4) is 0 Å². The largest absolute Gasteiger partial charge is 0.455 e. The van der Waals surface area contributed by atoms with Gasteiger partial charge >= 0.3 is 5.97 Å². The number of ether oxygens (including phenoxy) is 1. The van der Waals surface area contributed by atoms with Crippen molar-refractivity contribution in [3.05, 3.63) is 41.2 Å². The highest BCUT2D eigenvalue weighted by atomic mass is 16.5. The highest BCUT2D eigenvalue weighted by Crippen LogP contribution is 2.22. The Bertz CT molecular complexity index is 881. The third kappa shape index (κ3) is 5.62. The van der Waals surface area contributed by atoms with Crippen molar-refractivity contribution >= 4 is 23.3 Å². The summed E-state index contributed by atoms with van der Waals surface area (Å²) in [7, 11) is 0. The summed E-state index contributed by atoms with van der Waals surface area (Å²) >= 11 is 0. The number of carbonyl (C=O) groups excluding carboxylic acids is 2. The summed E-state index contributed by atoms with van der Waals surface area (Å²) in [5.74, 6) is -0.304. The van der Waals surface area contributed by atoms with Gasteiger partial charge < -0.3 is 15.0 Å². The standard InChI is InChI=1S/C23H32N4O3/c1-16(2)14-27-18(4)21(17(3)25-27)13-23(29)30-15-22(28)24-19-7-9-20(10-8-19)26-11-5-6-12-26/h7-10,16H,5-6,11-15H2,1-4H3,(H,24,28). The van der Waals surface area contributed by atoms with Crippen LogP contribution in [0.5, 0.6) is 0 Å². The molecule has 0 bridgehead atoms. The van der Waals surface area contributed by atoms with Crippen LogP contribution in [0.2, 0.25) is 0 Å². The van der Waals surface area contributed by atoms with Gasteiger partial charge in [0, 0.05) is 42.3 Å². The molecule has 0 saturated carbocycles. The number of carbonyl (C=O) groups is 2. The maximum atomic E-state index is 12.3. The van der Waals surface area contributed by atoms with E-state index in [2.05, 4.69) is 29.2 Å². The number of hydrogen-bond acceptors (Lipinski definition) is 5. The molecule has 0 radical (unpaired) electrons. The van der Waals surface area contributed by atoms with E-state index in [0.29, 0.717) is 11.6 Å². The van der Waals surface area contributed by atoms with Crippen LogP contribution in [-0.4, -0.2) is 41.4 Å². The Balaban J connectivity index is 1.48. The fourth-order valence-corrected chi connectivity index (χ4v) is 3.78. The lowest BCUT2D eigenvalue weighted by molar-refractivity contribution is -0.146. The summed E-state index contributed by atoms with van der Waals surface area (Å²) in [5, 5.41) is 7.29. The topological polar surface area (TPSA) is 76.5 Å². The van der Waals surface area contributed by atoms with E-state index in [1.165, 1.54) is 18.5 Å². The lowest BCUT2D eigenvalue weighted by Crippen LogP contribution is -2.22. The van der Waals surface area contributed by atoms with Crippen LogP contribution in [0.25, 0.3) is 0 Å². The van der Waals surface area contributed by atoms with Crippen LogP contribution in [-0.2, 0) is 27.3 Å². The molecule has 1 aromatic carbocycles. The molecule has 7 nitrogen and oxygen atoms in total. The molecule has 0 atom stereocenters. The molecule has 7 heteroatoms. The number of nitrogens with one attached hydrogen (secondary N) is 1. The number of nitrogens with zero attached hydrogens (tertiary/aromatic N) is 3. The van der Waals surface area contributed by atoms with E-state index < -0.39 is 5.97 Å². The molecule has 1 aliphatic rings. The molecule has 1 fully saturated rings. The van der Waals surface area contributed by atoms with E-state index in [-0.39, 0.29) is 18.9 Å². The summed E-state index contributed by atoms with van der Waals surface area (Å²) < 4.78 is 7.12. The average Bonchev–Trinajstić information content (AvgIpc) is 3.32. The molecule has 0 aliphatic carbocycles. The monoisotopic (exact) mass is 412 g/mol.